The zero-order valence-electron chi connectivity index (χ0n) is 12.0. The van der Waals surface area contributed by atoms with Gasteiger partial charge in [-0.2, -0.15) is 0 Å². The van der Waals surface area contributed by atoms with Crippen LogP contribution in [0.4, 0.5) is 0 Å². The number of piperidine rings is 1. The number of rotatable bonds is 1. The molecule has 1 N–H and O–H groups in total. The minimum absolute atomic E-state index is 0.0447. The number of nitrogens with one attached hydrogen (secondary N) is 1. The van der Waals surface area contributed by atoms with Crippen LogP contribution in [0.15, 0.2) is 0 Å². The summed E-state index contributed by atoms with van der Waals surface area (Å²) in [5.41, 5.74) is 0.194. The van der Waals surface area contributed by atoms with Crippen molar-refractivity contribution in [3.63, 3.8) is 0 Å². The molecular weight excluding hydrogens is 212 g/mol. The van der Waals surface area contributed by atoms with Crippen LogP contribution in [0.2, 0.25) is 0 Å². The molecule has 2 aliphatic rings. The van der Waals surface area contributed by atoms with Gasteiger partial charge in [-0.3, -0.25) is 5.32 Å². The predicted molar refractivity (Wildman–Crippen MR) is 71.0 cm³/mol. The van der Waals surface area contributed by atoms with Crippen LogP contribution in [-0.4, -0.2) is 43.4 Å². The molecule has 3 heteroatoms. The van der Waals surface area contributed by atoms with E-state index in [1.165, 1.54) is 0 Å². The molecule has 0 saturated carbocycles. The minimum atomic E-state index is -0.0447. The highest BCUT2D eigenvalue weighted by atomic mass is 16.5. The molecule has 0 aliphatic carbocycles. The molecule has 0 radical (unpaired) electrons. The van der Waals surface area contributed by atoms with Gasteiger partial charge in [0.2, 0.25) is 0 Å². The summed E-state index contributed by atoms with van der Waals surface area (Å²) in [6.45, 7) is 12.4. The fourth-order valence-electron chi connectivity index (χ4n) is 3.27. The van der Waals surface area contributed by atoms with Gasteiger partial charge in [0.25, 0.3) is 0 Å². The van der Waals surface area contributed by atoms with E-state index in [-0.39, 0.29) is 11.1 Å². The van der Waals surface area contributed by atoms with Crippen LogP contribution >= 0.6 is 0 Å². The van der Waals surface area contributed by atoms with Gasteiger partial charge in [-0.15, -0.1) is 0 Å². The lowest BCUT2D eigenvalue weighted by Crippen LogP contribution is -2.67. The summed E-state index contributed by atoms with van der Waals surface area (Å²) in [7, 11) is 2.19. The fraction of sp³-hybridized carbons (Fsp3) is 1.00. The van der Waals surface area contributed by atoms with Crippen LogP contribution in [0.25, 0.3) is 0 Å². The maximum Gasteiger partial charge on any atom is 0.121 e. The smallest absolute Gasteiger partial charge is 0.121 e. The van der Waals surface area contributed by atoms with E-state index in [2.05, 4.69) is 45.0 Å². The van der Waals surface area contributed by atoms with Crippen molar-refractivity contribution in [1.82, 2.24) is 10.2 Å². The molecule has 1 spiro atoms. The third-order valence-electron chi connectivity index (χ3n) is 4.44. The highest BCUT2D eigenvalue weighted by Gasteiger charge is 2.46. The van der Waals surface area contributed by atoms with Crippen LogP contribution in [0.5, 0.6) is 0 Å². The summed E-state index contributed by atoms with van der Waals surface area (Å²) in [6, 6.07) is 0.555. The lowest BCUT2D eigenvalue weighted by Gasteiger charge is -2.53. The topological polar surface area (TPSA) is 24.5 Å². The second-order valence-electron chi connectivity index (χ2n) is 6.94. The number of nitrogens with zero attached hydrogens (tertiary/aromatic N) is 1. The first kappa shape index (κ1) is 13.3. The summed E-state index contributed by atoms with van der Waals surface area (Å²) in [5, 5.41) is 3.83. The maximum absolute atomic E-state index is 6.21. The van der Waals surface area contributed by atoms with Crippen molar-refractivity contribution in [2.45, 2.75) is 52.3 Å². The van der Waals surface area contributed by atoms with Crippen LogP contribution in [0.1, 0.15) is 40.5 Å². The van der Waals surface area contributed by atoms with Crippen molar-refractivity contribution in [1.29, 1.82) is 0 Å². The molecule has 17 heavy (non-hydrogen) atoms. The Morgan fingerprint density at radius 2 is 1.82 bits per heavy atom. The second kappa shape index (κ2) is 4.52. The normalized spacial score (nSPS) is 33.2. The Morgan fingerprint density at radius 1 is 1.24 bits per heavy atom. The molecule has 3 nitrogen and oxygen atoms in total. The molecule has 0 aromatic rings. The quantitative estimate of drug-likeness (QED) is 0.759. The standard InChI is InChI=1S/C14H28N2O/c1-11(2)12-13(3,4)10-17-14(15-12)6-8-16(5)9-7-14/h11-12,15H,6-10H2,1-5H3. The molecule has 100 valence electrons. The van der Waals surface area contributed by atoms with Gasteiger partial charge < -0.3 is 9.64 Å². The Labute approximate surface area is 106 Å². The van der Waals surface area contributed by atoms with Gasteiger partial charge in [-0.1, -0.05) is 27.7 Å². The largest absolute Gasteiger partial charge is 0.360 e. The molecule has 1 atom stereocenters. The van der Waals surface area contributed by atoms with Crippen LogP contribution in [0, 0.1) is 11.3 Å². The lowest BCUT2D eigenvalue weighted by molar-refractivity contribution is -0.183. The second-order valence-corrected chi connectivity index (χ2v) is 6.94. The van der Waals surface area contributed by atoms with E-state index in [9.17, 15) is 0 Å². The molecule has 2 fully saturated rings. The zero-order chi connectivity index (χ0) is 12.7. The summed E-state index contributed by atoms with van der Waals surface area (Å²) >= 11 is 0. The minimum Gasteiger partial charge on any atom is -0.360 e. The van der Waals surface area contributed by atoms with E-state index in [1.807, 2.05) is 0 Å². The molecule has 2 rings (SSSR count). The molecule has 0 bridgehead atoms. The van der Waals surface area contributed by atoms with E-state index >= 15 is 0 Å². The summed E-state index contributed by atoms with van der Waals surface area (Å²) in [4.78, 5) is 2.39. The van der Waals surface area contributed by atoms with Gasteiger partial charge in [-0.25, -0.2) is 0 Å². The summed E-state index contributed by atoms with van der Waals surface area (Å²) < 4.78 is 6.21. The fourth-order valence-corrected chi connectivity index (χ4v) is 3.27. The number of likely N-dealkylation sites (tertiary alicyclic amines) is 1. The van der Waals surface area contributed by atoms with Crippen LogP contribution in [0.3, 0.4) is 0 Å². The van der Waals surface area contributed by atoms with E-state index in [1.54, 1.807) is 0 Å². The highest BCUT2D eigenvalue weighted by molar-refractivity contribution is 4.98. The van der Waals surface area contributed by atoms with Crippen LogP contribution in [-0.2, 0) is 4.74 Å². The monoisotopic (exact) mass is 240 g/mol. The predicted octanol–water partition coefficient (Wildman–Crippen LogP) is 2.08. The van der Waals surface area contributed by atoms with Crippen LogP contribution < -0.4 is 5.32 Å². The van der Waals surface area contributed by atoms with E-state index < -0.39 is 0 Å². The molecule has 0 aromatic heterocycles. The Morgan fingerprint density at radius 3 is 2.35 bits per heavy atom. The van der Waals surface area contributed by atoms with Crippen molar-refractivity contribution in [3.8, 4) is 0 Å². The number of hydrogen-bond acceptors (Lipinski definition) is 3. The third-order valence-corrected chi connectivity index (χ3v) is 4.44. The van der Waals surface area contributed by atoms with E-state index in [4.69, 9.17) is 4.74 Å². The SMILES string of the molecule is CC(C)C1NC2(CCN(C)CC2)OCC1(C)C. The van der Waals surface area contributed by atoms with E-state index in [0.29, 0.717) is 12.0 Å². The summed E-state index contributed by atoms with van der Waals surface area (Å²) in [6.07, 6.45) is 2.23. The average molecular weight is 240 g/mol. The Bertz CT molecular complexity index is 267. The first-order chi connectivity index (χ1) is 7.85. The molecule has 2 aliphatic heterocycles. The molecule has 0 aromatic carbocycles. The molecule has 2 saturated heterocycles. The van der Waals surface area contributed by atoms with Gasteiger partial charge in [-0.05, 0) is 13.0 Å². The molecule has 1 unspecified atom stereocenters. The Hall–Kier alpha value is -0.120. The van der Waals surface area contributed by atoms with Gasteiger partial charge in [0.05, 0.1) is 6.61 Å². The molecule has 0 amide bonds. The maximum atomic E-state index is 6.21. The van der Waals surface area contributed by atoms with Gasteiger partial charge >= 0.3 is 0 Å². The number of hydrogen-bond donors (Lipinski definition) is 1. The first-order valence-corrected chi connectivity index (χ1v) is 6.95. The van der Waals surface area contributed by atoms with Gasteiger partial charge in [0, 0.05) is 37.4 Å². The average Bonchev–Trinajstić information content (AvgIpc) is 2.26. The van der Waals surface area contributed by atoms with E-state index in [0.717, 1.165) is 32.5 Å². The van der Waals surface area contributed by atoms with Crippen molar-refractivity contribution in [2.24, 2.45) is 11.3 Å². The molecular formula is C14H28N2O. The van der Waals surface area contributed by atoms with Crippen molar-refractivity contribution in [2.75, 3.05) is 26.7 Å². The third kappa shape index (κ3) is 2.67. The number of ether oxygens (including phenoxy) is 1. The highest BCUT2D eigenvalue weighted by Crippen LogP contribution is 2.37. The zero-order valence-corrected chi connectivity index (χ0v) is 12.0. The van der Waals surface area contributed by atoms with Gasteiger partial charge in [0.1, 0.15) is 5.72 Å². The van der Waals surface area contributed by atoms with Gasteiger partial charge in [0.15, 0.2) is 0 Å². The van der Waals surface area contributed by atoms with Crippen molar-refractivity contribution < 1.29 is 4.74 Å². The summed E-state index contributed by atoms with van der Waals surface area (Å²) in [5.74, 6) is 0.658. The Kier molecular flexibility index (Phi) is 3.54. The first-order valence-electron chi connectivity index (χ1n) is 6.95. The van der Waals surface area contributed by atoms with Crippen molar-refractivity contribution >= 4 is 0 Å². The molecule has 2 heterocycles. The Balaban J connectivity index is 2.08. The van der Waals surface area contributed by atoms with Crippen molar-refractivity contribution in [3.05, 3.63) is 0 Å². The lowest BCUT2D eigenvalue weighted by atomic mass is 9.76.